The number of likely N-dealkylation sites (tertiary alicyclic amines) is 1. The summed E-state index contributed by atoms with van der Waals surface area (Å²) in [5.41, 5.74) is -4.41. The Morgan fingerprint density at radius 3 is 2.41 bits per heavy atom. The number of alkyl halides is 6. The summed E-state index contributed by atoms with van der Waals surface area (Å²) in [6, 6.07) is -3.11. The van der Waals surface area contributed by atoms with Gasteiger partial charge in [0.1, 0.15) is 18.5 Å². The summed E-state index contributed by atoms with van der Waals surface area (Å²) in [4.78, 5) is 57.1. The largest absolute Gasteiger partial charge is 0.445 e. The highest BCUT2D eigenvalue weighted by Crippen LogP contribution is 2.45. The zero-order chi connectivity index (χ0) is 34.0. The Bertz CT molecular complexity index is 1520. The molecule has 4 aliphatic heterocycles. The number of carbonyl (C=O) groups is 4. The van der Waals surface area contributed by atoms with Gasteiger partial charge in [0.05, 0.1) is 30.0 Å². The SMILES string of the molecule is C=C1N[C@H]2[C@H](CN3C(=O)CCC3=O)N=C(NC(=O)OCC(Cl)(Cl)Cl)N3CC(NC(=O)c4cc(F)cc(C(F)(F)F)c4)C(O)(O)[C@]23N1. The number of nitrogens with one attached hydrogen (secondary N) is 4. The number of aliphatic hydroxyl groups is 2. The van der Waals surface area contributed by atoms with Crippen LogP contribution in [-0.4, -0.2) is 103 Å². The molecule has 14 nitrogen and oxygen atoms in total. The van der Waals surface area contributed by atoms with Crippen LogP contribution >= 0.6 is 34.8 Å². The summed E-state index contributed by atoms with van der Waals surface area (Å²) in [7, 11) is 0. The van der Waals surface area contributed by atoms with Crippen molar-refractivity contribution in [3.63, 3.8) is 0 Å². The van der Waals surface area contributed by atoms with Gasteiger partial charge in [-0.3, -0.25) is 24.6 Å². The van der Waals surface area contributed by atoms with Crippen molar-refractivity contribution < 1.29 is 51.7 Å². The molecule has 1 aromatic carbocycles. The van der Waals surface area contributed by atoms with Crippen molar-refractivity contribution in [2.75, 3.05) is 19.7 Å². The van der Waals surface area contributed by atoms with E-state index in [0.29, 0.717) is 12.1 Å². The maximum Gasteiger partial charge on any atom is 0.416 e. The lowest BCUT2D eigenvalue weighted by Crippen LogP contribution is -2.78. The van der Waals surface area contributed by atoms with E-state index in [1.165, 1.54) is 0 Å². The summed E-state index contributed by atoms with van der Waals surface area (Å²) < 4.78 is 56.8. The van der Waals surface area contributed by atoms with E-state index in [1.807, 2.05) is 0 Å². The van der Waals surface area contributed by atoms with Crippen LogP contribution in [-0.2, 0) is 20.5 Å². The van der Waals surface area contributed by atoms with Gasteiger partial charge in [0, 0.05) is 24.9 Å². The average molecular weight is 717 g/mol. The highest BCUT2D eigenvalue weighted by molar-refractivity contribution is 6.67. The summed E-state index contributed by atoms with van der Waals surface area (Å²) in [6.07, 6.45) is -6.37. The summed E-state index contributed by atoms with van der Waals surface area (Å²) in [5, 5.41) is 33.6. The van der Waals surface area contributed by atoms with Crippen LogP contribution in [0.15, 0.2) is 35.6 Å². The number of nitrogens with zero attached hydrogens (tertiary/aromatic N) is 3. The van der Waals surface area contributed by atoms with E-state index < -0.39 is 106 Å². The lowest BCUT2D eigenvalue weighted by Gasteiger charge is -2.49. The van der Waals surface area contributed by atoms with Gasteiger partial charge in [-0.1, -0.05) is 41.4 Å². The van der Waals surface area contributed by atoms with Crippen LogP contribution in [0.2, 0.25) is 0 Å². The fourth-order valence-corrected chi connectivity index (χ4v) is 6.01. The number of carbonyl (C=O) groups excluding carboxylic acids is 4. The van der Waals surface area contributed by atoms with Gasteiger partial charge in [-0.2, -0.15) is 13.2 Å². The standard InChI is InChI=1S/C25H24Cl3F4N7O7/c1-10-33-18-14(7-38-16(40)2-3-17(38)41)34-20(36-21(43)46-9-22(26,27)28)39-8-15(24(44,45)23(18,39)37-10)35-19(42)11-4-12(25(30,31)32)6-13(29)5-11/h4-6,14-15,18,33,37,44-45H,1-3,7-9H2,(H,35,42)(H,34,36,43)/t14-,15?,18-,23-/m0/s1. The minimum absolute atomic E-state index is 0.00583. The quantitative estimate of drug-likeness (QED) is 0.110. The highest BCUT2D eigenvalue weighted by atomic mass is 35.6. The van der Waals surface area contributed by atoms with Gasteiger partial charge in [-0.25, -0.2) is 14.2 Å². The van der Waals surface area contributed by atoms with Crippen molar-refractivity contribution in [1.82, 2.24) is 31.1 Å². The molecule has 6 N–H and O–H groups in total. The molecular weight excluding hydrogens is 693 g/mol. The van der Waals surface area contributed by atoms with Crippen molar-refractivity contribution in [3.05, 3.63) is 47.5 Å². The number of hydrogen-bond acceptors (Lipinski definition) is 11. The van der Waals surface area contributed by atoms with Gasteiger partial charge in [0.25, 0.3) is 5.91 Å². The second-order valence-electron chi connectivity index (χ2n) is 10.8. The molecule has 46 heavy (non-hydrogen) atoms. The van der Waals surface area contributed by atoms with E-state index in [9.17, 15) is 47.0 Å². The summed E-state index contributed by atoms with van der Waals surface area (Å²) in [5.74, 6) is -7.23. The fraction of sp³-hybridized carbons (Fsp3) is 0.480. The molecule has 21 heteroatoms. The molecule has 4 amide bonds. The molecule has 4 heterocycles. The number of benzene rings is 1. The van der Waals surface area contributed by atoms with Gasteiger partial charge in [-0.15, -0.1) is 0 Å². The van der Waals surface area contributed by atoms with E-state index >= 15 is 0 Å². The molecule has 5 rings (SSSR count). The van der Waals surface area contributed by atoms with Crippen LogP contribution in [0.25, 0.3) is 0 Å². The number of ether oxygens (including phenoxy) is 1. The first-order valence-corrected chi connectivity index (χ1v) is 14.4. The Balaban J connectivity index is 1.51. The lowest BCUT2D eigenvalue weighted by molar-refractivity contribution is -0.231. The molecule has 1 aromatic rings. The van der Waals surface area contributed by atoms with Crippen molar-refractivity contribution in [2.24, 2.45) is 4.99 Å². The third kappa shape index (κ3) is 6.11. The van der Waals surface area contributed by atoms with Crippen LogP contribution in [0.1, 0.15) is 28.8 Å². The molecule has 1 spiro atoms. The first-order chi connectivity index (χ1) is 21.2. The van der Waals surface area contributed by atoms with E-state index in [0.717, 1.165) is 9.80 Å². The van der Waals surface area contributed by atoms with Crippen LogP contribution < -0.4 is 21.3 Å². The van der Waals surface area contributed by atoms with Gasteiger partial charge < -0.3 is 35.8 Å². The fourth-order valence-electron chi connectivity index (χ4n) is 5.85. The van der Waals surface area contributed by atoms with E-state index in [4.69, 9.17) is 39.5 Å². The molecule has 0 bridgehead atoms. The Morgan fingerprint density at radius 2 is 1.80 bits per heavy atom. The first kappa shape index (κ1) is 33.8. The average Bonchev–Trinajstić information content (AvgIpc) is 3.53. The van der Waals surface area contributed by atoms with Gasteiger partial charge in [0.15, 0.2) is 5.66 Å². The van der Waals surface area contributed by atoms with Gasteiger partial charge in [-0.05, 0) is 18.2 Å². The molecule has 0 aliphatic carbocycles. The number of rotatable bonds is 5. The molecule has 4 aliphatic rings. The van der Waals surface area contributed by atoms with Gasteiger partial charge >= 0.3 is 12.3 Å². The summed E-state index contributed by atoms with van der Waals surface area (Å²) in [6.45, 7) is 2.04. The Morgan fingerprint density at radius 1 is 1.15 bits per heavy atom. The second-order valence-corrected chi connectivity index (χ2v) is 13.3. The van der Waals surface area contributed by atoms with Crippen molar-refractivity contribution >= 4 is 64.6 Å². The molecule has 4 atom stereocenters. The summed E-state index contributed by atoms with van der Waals surface area (Å²) >= 11 is 16.9. The lowest BCUT2D eigenvalue weighted by atomic mass is 9.85. The van der Waals surface area contributed by atoms with Crippen molar-refractivity contribution in [2.45, 2.75) is 52.4 Å². The first-order valence-electron chi connectivity index (χ1n) is 13.3. The smallest absolute Gasteiger partial charge is 0.416 e. The molecule has 3 saturated heterocycles. The molecule has 250 valence electrons. The molecule has 1 unspecified atom stereocenters. The Hall–Kier alpha value is -3.58. The van der Waals surface area contributed by atoms with Crippen LogP contribution in [0, 0.1) is 5.82 Å². The Kier molecular flexibility index (Phi) is 8.51. The maximum absolute atomic E-state index is 14.1. The Labute approximate surface area is 271 Å². The predicted molar refractivity (Wildman–Crippen MR) is 150 cm³/mol. The maximum atomic E-state index is 14.1. The van der Waals surface area contributed by atoms with Crippen LogP contribution in [0.3, 0.4) is 0 Å². The van der Waals surface area contributed by atoms with Crippen LogP contribution in [0.4, 0.5) is 22.4 Å². The number of alkyl carbamates (subject to hydrolysis) is 1. The molecule has 3 fully saturated rings. The number of hydrogen-bond donors (Lipinski definition) is 6. The number of amides is 4. The van der Waals surface area contributed by atoms with E-state index in [1.54, 1.807) is 0 Å². The highest BCUT2D eigenvalue weighted by Gasteiger charge is 2.74. The number of imide groups is 1. The number of halogens is 7. The minimum Gasteiger partial charge on any atom is -0.445 e. The van der Waals surface area contributed by atoms with Crippen LogP contribution in [0.5, 0.6) is 0 Å². The zero-order valence-electron chi connectivity index (χ0n) is 23.1. The van der Waals surface area contributed by atoms with E-state index in [2.05, 4.69) is 32.8 Å². The molecule has 0 saturated carbocycles. The zero-order valence-corrected chi connectivity index (χ0v) is 25.4. The minimum atomic E-state index is -5.00. The van der Waals surface area contributed by atoms with Crippen molar-refractivity contribution in [1.29, 1.82) is 0 Å². The number of guanidine groups is 1. The van der Waals surface area contributed by atoms with Gasteiger partial charge in [0.2, 0.25) is 27.4 Å². The monoisotopic (exact) mass is 715 g/mol. The molecule has 0 radical (unpaired) electrons. The number of aliphatic imine (C=N–C) groups is 1. The molecule has 0 aromatic heterocycles. The van der Waals surface area contributed by atoms with E-state index in [-0.39, 0.29) is 24.7 Å². The van der Waals surface area contributed by atoms with Crippen molar-refractivity contribution in [3.8, 4) is 0 Å². The normalized spacial score (nSPS) is 27.0. The predicted octanol–water partition coefficient (Wildman–Crippen LogP) is 0.652. The molecular formula is C25H24Cl3F4N7O7. The third-order valence-corrected chi connectivity index (χ3v) is 8.11. The topological polar surface area (TPSA) is 185 Å². The second kappa shape index (κ2) is 11.6. The third-order valence-electron chi connectivity index (χ3n) is 7.79.